The zero-order valence-electron chi connectivity index (χ0n) is 13.1. The molecule has 1 rings (SSSR count). The van der Waals surface area contributed by atoms with Crippen molar-refractivity contribution < 1.29 is 14.3 Å². The van der Waals surface area contributed by atoms with E-state index in [0.29, 0.717) is 6.61 Å². The maximum Gasteiger partial charge on any atom is 0.320 e. The van der Waals surface area contributed by atoms with Gasteiger partial charge >= 0.3 is 5.97 Å². The minimum atomic E-state index is -0.301. The van der Waals surface area contributed by atoms with Gasteiger partial charge in [0.2, 0.25) is 5.91 Å². The lowest BCUT2D eigenvalue weighted by Crippen LogP contribution is -2.44. The van der Waals surface area contributed by atoms with Crippen molar-refractivity contribution in [2.24, 2.45) is 0 Å². The molecule has 1 amide bonds. The van der Waals surface area contributed by atoms with Crippen molar-refractivity contribution >= 4 is 23.2 Å². The second kappa shape index (κ2) is 8.79. The van der Waals surface area contributed by atoms with E-state index in [1.165, 1.54) is 0 Å². The van der Waals surface area contributed by atoms with Gasteiger partial charge in [-0.15, -0.1) is 11.3 Å². The number of nitrogens with one attached hydrogen (secondary N) is 1. The Labute approximate surface area is 130 Å². The number of esters is 1. The van der Waals surface area contributed by atoms with Crippen molar-refractivity contribution in [2.45, 2.75) is 39.8 Å². The van der Waals surface area contributed by atoms with E-state index in [0.717, 1.165) is 4.88 Å². The Morgan fingerprint density at radius 1 is 1.33 bits per heavy atom. The van der Waals surface area contributed by atoms with E-state index in [1.54, 1.807) is 23.2 Å². The molecule has 1 unspecified atom stereocenters. The summed E-state index contributed by atoms with van der Waals surface area (Å²) in [5.74, 6) is -0.390. The lowest BCUT2D eigenvalue weighted by molar-refractivity contribution is -0.145. The average Bonchev–Trinajstić information content (AvgIpc) is 2.91. The van der Waals surface area contributed by atoms with Crippen LogP contribution in [-0.4, -0.2) is 42.5 Å². The maximum absolute atomic E-state index is 12.1. The van der Waals surface area contributed by atoms with E-state index in [2.05, 4.69) is 5.32 Å². The Balaban J connectivity index is 2.50. The molecule has 0 aliphatic heterocycles. The SMILES string of the molecule is CCOC(=O)CN(CC(=O)NC(C)c1cccs1)C(C)C. The number of carbonyl (C=O) groups is 2. The molecule has 0 spiro atoms. The van der Waals surface area contributed by atoms with Gasteiger partial charge in [-0.3, -0.25) is 14.5 Å². The van der Waals surface area contributed by atoms with Crippen LogP contribution >= 0.6 is 11.3 Å². The summed E-state index contributed by atoms with van der Waals surface area (Å²) >= 11 is 1.61. The van der Waals surface area contributed by atoms with E-state index < -0.39 is 0 Å². The van der Waals surface area contributed by atoms with Crippen molar-refractivity contribution in [2.75, 3.05) is 19.7 Å². The van der Waals surface area contributed by atoms with Gasteiger partial charge in [-0.25, -0.2) is 0 Å². The summed E-state index contributed by atoms with van der Waals surface area (Å²) in [6.07, 6.45) is 0. The van der Waals surface area contributed by atoms with Crippen LogP contribution in [0.2, 0.25) is 0 Å². The third-order valence-corrected chi connectivity index (χ3v) is 4.12. The molecule has 0 aromatic carbocycles. The Bertz CT molecular complexity index is 446. The molecular weight excluding hydrogens is 288 g/mol. The molecule has 1 N–H and O–H groups in total. The summed E-state index contributed by atoms with van der Waals surface area (Å²) in [7, 11) is 0. The highest BCUT2D eigenvalue weighted by atomic mass is 32.1. The van der Waals surface area contributed by atoms with Crippen molar-refractivity contribution in [3.63, 3.8) is 0 Å². The van der Waals surface area contributed by atoms with E-state index in [9.17, 15) is 9.59 Å². The molecule has 118 valence electrons. The van der Waals surface area contributed by atoms with Crippen LogP contribution in [-0.2, 0) is 14.3 Å². The van der Waals surface area contributed by atoms with Gasteiger partial charge in [0.25, 0.3) is 0 Å². The van der Waals surface area contributed by atoms with Crippen molar-refractivity contribution in [3.05, 3.63) is 22.4 Å². The molecule has 0 saturated carbocycles. The summed E-state index contributed by atoms with van der Waals surface area (Å²) in [5.41, 5.74) is 0. The predicted molar refractivity (Wildman–Crippen MR) is 84.2 cm³/mol. The van der Waals surface area contributed by atoms with Gasteiger partial charge in [0.15, 0.2) is 0 Å². The number of ether oxygens (including phenoxy) is 1. The zero-order chi connectivity index (χ0) is 15.8. The lowest BCUT2D eigenvalue weighted by Gasteiger charge is -2.25. The topological polar surface area (TPSA) is 58.6 Å². The van der Waals surface area contributed by atoms with Crippen LogP contribution in [0.25, 0.3) is 0 Å². The summed E-state index contributed by atoms with van der Waals surface area (Å²) in [6, 6.07) is 4.03. The minimum absolute atomic E-state index is 0.0193. The Hall–Kier alpha value is -1.40. The fourth-order valence-electron chi connectivity index (χ4n) is 1.87. The standard InChI is InChI=1S/C15H24N2O3S/c1-5-20-15(19)10-17(11(2)3)9-14(18)16-12(4)13-7-6-8-21-13/h6-8,11-12H,5,9-10H2,1-4H3,(H,16,18). The molecule has 0 radical (unpaired) electrons. The first kappa shape index (κ1) is 17.7. The molecule has 6 heteroatoms. The first-order valence-corrected chi connectivity index (χ1v) is 8.04. The number of carbonyl (C=O) groups excluding carboxylic acids is 2. The Morgan fingerprint density at radius 3 is 2.57 bits per heavy atom. The summed E-state index contributed by atoms with van der Waals surface area (Å²) in [5, 5.41) is 4.94. The monoisotopic (exact) mass is 312 g/mol. The molecule has 5 nitrogen and oxygen atoms in total. The summed E-state index contributed by atoms with van der Waals surface area (Å²) in [6.45, 7) is 8.30. The lowest BCUT2D eigenvalue weighted by atomic mass is 10.2. The van der Waals surface area contributed by atoms with Gasteiger partial charge < -0.3 is 10.1 Å². The van der Waals surface area contributed by atoms with E-state index in [4.69, 9.17) is 4.74 Å². The van der Waals surface area contributed by atoms with Crippen molar-refractivity contribution in [1.82, 2.24) is 10.2 Å². The predicted octanol–water partition coefficient (Wildman–Crippen LogP) is 2.20. The highest BCUT2D eigenvalue weighted by molar-refractivity contribution is 7.10. The normalized spacial score (nSPS) is 12.5. The number of hydrogen-bond acceptors (Lipinski definition) is 5. The van der Waals surface area contributed by atoms with E-state index >= 15 is 0 Å². The quantitative estimate of drug-likeness (QED) is 0.748. The Morgan fingerprint density at radius 2 is 2.05 bits per heavy atom. The molecule has 0 bridgehead atoms. The third kappa shape index (κ3) is 6.27. The van der Waals surface area contributed by atoms with E-state index in [-0.39, 0.29) is 37.0 Å². The molecule has 1 aromatic heterocycles. The van der Waals surface area contributed by atoms with Gasteiger partial charge in [-0.1, -0.05) is 6.07 Å². The van der Waals surface area contributed by atoms with Crippen LogP contribution in [0.5, 0.6) is 0 Å². The summed E-state index contributed by atoms with van der Waals surface area (Å²) < 4.78 is 4.93. The number of nitrogens with zero attached hydrogens (tertiary/aromatic N) is 1. The molecule has 0 fully saturated rings. The minimum Gasteiger partial charge on any atom is -0.465 e. The maximum atomic E-state index is 12.1. The summed E-state index contributed by atoms with van der Waals surface area (Å²) in [4.78, 5) is 26.6. The van der Waals surface area contributed by atoms with Crippen LogP contribution in [0.3, 0.4) is 0 Å². The van der Waals surface area contributed by atoms with Crippen molar-refractivity contribution in [3.8, 4) is 0 Å². The molecule has 0 aliphatic carbocycles. The second-order valence-electron chi connectivity index (χ2n) is 5.11. The van der Waals surface area contributed by atoms with Gasteiger partial charge in [-0.05, 0) is 39.1 Å². The second-order valence-corrected chi connectivity index (χ2v) is 6.09. The molecule has 1 aromatic rings. The number of thiophene rings is 1. The number of hydrogen-bond donors (Lipinski definition) is 1. The third-order valence-electron chi connectivity index (χ3n) is 3.06. The molecular formula is C15H24N2O3S. The first-order valence-electron chi connectivity index (χ1n) is 7.16. The van der Waals surface area contributed by atoms with Gasteiger partial charge in [0.05, 0.1) is 25.7 Å². The first-order chi connectivity index (χ1) is 9.93. The molecule has 21 heavy (non-hydrogen) atoms. The van der Waals surface area contributed by atoms with Crippen LogP contribution < -0.4 is 5.32 Å². The van der Waals surface area contributed by atoms with Gasteiger partial charge in [0, 0.05) is 10.9 Å². The van der Waals surface area contributed by atoms with Crippen LogP contribution in [0, 0.1) is 0 Å². The molecule has 1 heterocycles. The van der Waals surface area contributed by atoms with Crippen molar-refractivity contribution in [1.29, 1.82) is 0 Å². The number of amides is 1. The fraction of sp³-hybridized carbons (Fsp3) is 0.600. The molecule has 0 saturated heterocycles. The Kier molecular flexibility index (Phi) is 7.39. The van der Waals surface area contributed by atoms with Gasteiger partial charge in [0.1, 0.15) is 0 Å². The average molecular weight is 312 g/mol. The largest absolute Gasteiger partial charge is 0.465 e. The van der Waals surface area contributed by atoms with Gasteiger partial charge in [-0.2, -0.15) is 0 Å². The van der Waals surface area contributed by atoms with Crippen LogP contribution in [0.4, 0.5) is 0 Å². The smallest absolute Gasteiger partial charge is 0.320 e. The van der Waals surface area contributed by atoms with Crippen LogP contribution in [0.15, 0.2) is 17.5 Å². The highest BCUT2D eigenvalue weighted by Crippen LogP contribution is 2.17. The van der Waals surface area contributed by atoms with Crippen LogP contribution in [0.1, 0.15) is 38.6 Å². The zero-order valence-corrected chi connectivity index (χ0v) is 13.9. The highest BCUT2D eigenvalue weighted by Gasteiger charge is 2.19. The van der Waals surface area contributed by atoms with E-state index in [1.807, 2.05) is 38.3 Å². The molecule has 0 aliphatic rings. The fourth-order valence-corrected chi connectivity index (χ4v) is 2.61. The number of rotatable bonds is 8. The molecule has 1 atom stereocenters.